The van der Waals surface area contributed by atoms with Gasteiger partial charge in [0.15, 0.2) is 5.69 Å². The molecule has 0 radical (unpaired) electrons. The van der Waals surface area contributed by atoms with E-state index in [4.69, 9.17) is 11.6 Å². The highest BCUT2D eigenvalue weighted by Crippen LogP contribution is 2.27. The zero-order chi connectivity index (χ0) is 12.4. The van der Waals surface area contributed by atoms with Gasteiger partial charge in [0, 0.05) is 18.3 Å². The second kappa shape index (κ2) is 4.92. The normalized spacial score (nSPS) is 19.5. The number of pyridine rings is 1. The van der Waals surface area contributed by atoms with Crippen molar-refractivity contribution < 1.29 is 9.53 Å². The monoisotopic (exact) mass is 254 g/mol. The Bertz CT molecular complexity index is 437. The predicted octanol–water partition coefficient (Wildman–Crippen LogP) is 2.51. The summed E-state index contributed by atoms with van der Waals surface area (Å²) >= 11 is 5.93. The summed E-state index contributed by atoms with van der Waals surface area (Å²) in [6, 6.07) is 3.99. The summed E-state index contributed by atoms with van der Waals surface area (Å²) in [6.45, 7) is 3.15. The van der Waals surface area contributed by atoms with Gasteiger partial charge >= 0.3 is 5.97 Å². The standard InChI is InChI=1S/C12H15ClN2O2/c1-8-4-3-5-15(8)9-6-10(12(16)17-2)14-11(13)7-9/h6-8H,3-5H2,1-2H3/t8-/m1/s1. The van der Waals surface area contributed by atoms with Crippen molar-refractivity contribution in [1.82, 2.24) is 4.98 Å². The molecule has 0 N–H and O–H groups in total. The van der Waals surface area contributed by atoms with Crippen LogP contribution in [-0.4, -0.2) is 30.6 Å². The molecule has 1 aliphatic heterocycles. The Labute approximate surface area is 106 Å². The number of rotatable bonds is 2. The Hall–Kier alpha value is -1.29. The molecule has 17 heavy (non-hydrogen) atoms. The molecule has 1 fully saturated rings. The Morgan fingerprint density at radius 3 is 2.94 bits per heavy atom. The molecule has 2 heterocycles. The number of methoxy groups -OCH3 is 1. The molecule has 92 valence electrons. The molecule has 1 aliphatic rings. The van der Waals surface area contributed by atoms with E-state index in [1.54, 1.807) is 12.1 Å². The van der Waals surface area contributed by atoms with E-state index in [9.17, 15) is 4.79 Å². The van der Waals surface area contributed by atoms with Gasteiger partial charge in [0.1, 0.15) is 5.15 Å². The molecule has 0 amide bonds. The second-order valence-corrected chi connectivity index (χ2v) is 4.60. The summed E-state index contributed by atoms with van der Waals surface area (Å²) in [5.74, 6) is -0.458. The molecule has 0 unspecified atom stereocenters. The zero-order valence-corrected chi connectivity index (χ0v) is 10.7. The molecule has 1 aromatic heterocycles. The minimum Gasteiger partial charge on any atom is -0.464 e. The van der Waals surface area contributed by atoms with Crippen molar-refractivity contribution in [2.75, 3.05) is 18.6 Å². The molecule has 4 nitrogen and oxygen atoms in total. The van der Waals surface area contributed by atoms with Crippen molar-refractivity contribution in [1.29, 1.82) is 0 Å². The van der Waals surface area contributed by atoms with Crippen molar-refractivity contribution in [2.45, 2.75) is 25.8 Å². The number of anilines is 1. The maximum Gasteiger partial charge on any atom is 0.356 e. The number of halogens is 1. The fraction of sp³-hybridized carbons (Fsp3) is 0.500. The minimum atomic E-state index is -0.458. The van der Waals surface area contributed by atoms with Crippen molar-refractivity contribution in [2.24, 2.45) is 0 Å². The number of nitrogens with zero attached hydrogens (tertiary/aromatic N) is 2. The second-order valence-electron chi connectivity index (χ2n) is 4.21. The van der Waals surface area contributed by atoms with E-state index >= 15 is 0 Å². The van der Waals surface area contributed by atoms with Crippen LogP contribution in [0.3, 0.4) is 0 Å². The van der Waals surface area contributed by atoms with E-state index in [0.717, 1.165) is 25.1 Å². The lowest BCUT2D eigenvalue weighted by molar-refractivity contribution is 0.0594. The number of ether oxygens (including phenoxy) is 1. The third-order valence-electron chi connectivity index (χ3n) is 3.06. The zero-order valence-electron chi connectivity index (χ0n) is 9.94. The Morgan fingerprint density at radius 1 is 1.59 bits per heavy atom. The van der Waals surface area contributed by atoms with Crippen LogP contribution >= 0.6 is 11.6 Å². The van der Waals surface area contributed by atoms with Gasteiger partial charge in [-0.15, -0.1) is 0 Å². The van der Waals surface area contributed by atoms with Crippen LogP contribution in [-0.2, 0) is 4.74 Å². The van der Waals surface area contributed by atoms with Crippen LogP contribution in [0, 0.1) is 0 Å². The predicted molar refractivity (Wildman–Crippen MR) is 66.6 cm³/mol. The first-order chi connectivity index (χ1) is 8.11. The Balaban J connectivity index is 2.34. The lowest BCUT2D eigenvalue weighted by atomic mass is 10.2. The van der Waals surface area contributed by atoms with E-state index in [-0.39, 0.29) is 5.69 Å². The van der Waals surface area contributed by atoms with Gasteiger partial charge in [-0.2, -0.15) is 0 Å². The molecule has 0 saturated carbocycles. The summed E-state index contributed by atoms with van der Waals surface area (Å²) in [4.78, 5) is 17.7. The van der Waals surface area contributed by atoms with Gasteiger partial charge in [-0.3, -0.25) is 0 Å². The lowest BCUT2D eigenvalue weighted by Crippen LogP contribution is -2.26. The highest BCUT2D eigenvalue weighted by atomic mass is 35.5. The summed E-state index contributed by atoms with van der Waals surface area (Å²) < 4.78 is 4.66. The number of hydrogen-bond donors (Lipinski definition) is 0. The van der Waals surface area contributed by atoms with E-state index in [1.165, 1.54) is 7.11 Å². The molecule has 0 aromatic carbocycles. The number of aromatic nitrogens is 1. The fourth-order valence-corrected chi connectivity index (χ4v) is 2.38. The van der Waals surface area contributed by atoms with Crippen molar-refractivity contribution in [3.63, 3.8) is 0 Å². The molecular formula is C12H15ClN2O2. The van der Waals surface area contributed by atoms with Gasteiger partial charge in [-0.25, -0.2) is 9.78 Å². The molecule has 1 atom stereocenters. The van der Waals surface area contributed by atoms with Crippen LogP contribution in [0.15, 0.2) is 12.1 Å². The van der Waals surface area contributed by atoms with Gasteiger partial charge in [0.2, 0.25) is 0 Å². The molecule has 1 aromatic rings. The largest absolute Gasteiger partial charge is 0.464 e. The van der Waals surface area contributed by atoms with Crippen molar-refractivity contribution >= 4 is 23.3 Å². The molecule has 0 aliphatic carbocycles. The van der Waals surface area contributed by atoms with Gasteiger partial charge in [0.05, 0.1) is 7.11 Å². The third kappa shape index (κ3) is 2.52. The summed E-state index contributed by atoms with van der Waals surface area (Å²) in [6.07, 6.45) is 2.32. The average Bonchev–Trinajstić information content (AvgIpc) is 2.73. The van der Waals surface area contributed by atoms with Crippen LogP contribution in [0.2, 0.25) is 5.15 Å². The van der Waals surface area contributed by atoms with Crippen LogP contribution in [0.4, 0.5) is 5.69 Å². The first-order valence-electron chi connectivity index (χ1n) is 5.64. The molecule has 0 bridgehead atoms. The molecule has 0 spiro atoms. The maximum atomic E-state index is 11.5. The number of carbonyl (C=O) groups is 1. The minimum absolute atomic E-state index is 0.258. The Kier molecular flexibility index (Phi) is 3.52. The van der Waals surface area contributed by atoms with Crippen LogP contribution in [0.1, 0.15) is 30.3 Å². The van der Waals surface area contributed by atoms with Crippen molar-refractivity contribution in [3.8, 4) is 0 Å². The smallest absolute Gasteiger partial charge is 0.356 e. The van der Waals surface area contributed by atoms with Crippen LogP contribution < -0.4 is 4.90 Å². The van der Waals surface area contributed by atoms with Crippen LogP contribution in [0.5, 0.6) is 0 Å². The highest BCUT2D eigenvalue weighted by molar-refractivity contribution is 6.29. The van der Waals surface area contributed by atoms with E-state index in [2.05, 4.69) is 21.5 Å². The van der Waals surface area contributed by atoms with E-state index in [1.807, 2.05) is 0 Å². The highest BCUT2D eigenvalue weighted by Gasteiger charge is 2.22. The Morgan fingerprint density at radius 2 is 2.35 bits per heavy atom. The maximum absolute atomic E-state index is 11.5. The first-order valence-corrected chi connectivity index (χ1v) is 6.02. The molecular weight excluding hydrogens is 240 g/mol. The average molecular weight is 255 g/mol. The lowest BCUT2D eigenvalue weighted by Gasteiger charge is -2.24. The summed E-state index contributed by atoms with van der Waals surface area (Å²) in [5.41, 5.74) is 1.20. The topological polar surface area (TPSA) is 42.4 Å². The molecule has 5 heteroatoms. The number of carbonyl (C=O) groups excluding carboxylic acids is 1. The van der Waals surface area contributed by atoms with Gasteiger partial charge < -0.3 is 9.64 Å². The summed E-state index contributed by atoms with van der Waals surface area (Å²) in [7, 11) is 1.34. The van der Waals surface area contributed by atoms with E-state index in [0.29, 0.717) is 11.2 Å². The van der Waals surface area contributed by atoms with Crippen molar-refractivity contribution in [3.05, 3.63) is 23.0 Å². The van der Waals surface area contributed by atoms with Gasteiger partial charge in [0.25, 0.3) is 0 Å². The van der Waals surface area contributed by atoms with E-state index < -0.39 is 5.97 Å². The quantitative estimate of drug-likeness (QED) is 0.601. The molecule has 2 rings (SSSR count). The summed E-state index contributed by atoms with van der Waals surface area (Å²) in [5, 5.41) is 0.321. The number of esters is 1. The fourth-order valence-electron chi connectivity index (χ4n) is 2.18. The first kappa shape index (κ1) is 12.2. The number of hydrogen-bond acceptors (Lipinski definition) is 4. The van der Waals surface area contributed by atoms with Gasteiger partial charge in [-0.1, -0.05) is 11.6 Å². The van der Waals surface area contributed by atoms with Gasteiger partial charge in [-0.05, 0) is 31.9 Å². The van der Waals surface area contributed by atoms with Crippen LogP contribution in [0.25, 0.3) is 0 Å². The SMILES string of the molecule is COC(=O)c1cc(N2CCC[C@H]2C)cc(Cl)n1. The third-order valence-corrected chi connectivity index (χ3v) is 3.25. The molecule has 1 saturated heterocycles.